The van der Waals surface area contributed by atoms with Gasteiger partial charge in [-0.15, -0.1) is 0 Å². The zero-order valence-corrected chi connectivity index (χ0v) is 12.2. The highest BCUT2D eigenvalue weighted by atomic mass is 35.5. The number of aromatic nitrogens is 1. The molecule has 2 aromatic rings. The lowest BCUT2D eigenvalue weighted by Gasteiger charge is -2.06. The Morgan fingerprint density at radius 1 is 1.14 bits per heavy atom. The number of rotatable bonds is 5. The van der Waals surface area contributed by atoms with Gasteiger partial charge in [-0.3, -0.25) is 9.78 Å². The quantitative estimate of drug-likeness (QED) is 0.555. The van der Waals surface area contributed by atoms with E-state index in [0.29, 0.717) is 5.56 Å². The van der Waals surface area contributed by atoms with Crippen molar-refractivity contribution in [2.75, 3.05) is 13.2 Å². The van der Waals surface area contributed by atoms with Gasteiger partial charge < -0.3 is 22.5 Å². The van der Waals surface area contributed by atoms with E-state index in [1.165, 1.54) is 30.5 Å². The molecule has 0 aliphatic heterocycles. The van der Waals surface area contributed by atoms with Crippen LogP contribution in [-0.2, 0) is 4.74 Å². The smallest absolute Gasteiger partial charge is 0.338 e. The number of nitrogens with zero attached hydrogens (tertiary/aromatic N) is 1. The van der Waals surface area contributed by atoms with Crippen LogP contribution in [0.5, 0.6) is 0 Å². The molecular formula is C15H13ClFN2O3-. The van der Waals surface area contributed by atoms with Crippen molar-refractivity contribution in [3.8, 4) is 0 Å². The first-order chi connectivity index (χ1) is 10.2. The van der Waals surface area contributed by atoms with Crippen molar-refractivity contribution < 1.29 is 31.1 Å². The van der Waals surface area contributed by atoms with Crippen LogP contribution in [0.2, 0.25) is 0 Å². The molecule has 0 saturated heterocycles. The molecule has 0 aliphatic rings. The highest BCUT2D eigenvalue weighted by molar-refractivity contribution is 5.93. The summed E-state index contributed by atoms with van der Waals surface area (Å²) in [5.41, 5.74) is 0.692. The number of halogens is 2. The van der Waals surface area contributed by atoms with Gasteiger partial charge in [-0.05, 0) is 36.4 Å². The number of pyridine rings is 1. The van der Waals surface area contributed by atoms with E-state index in [2.05, 4.69) is 10.3 Å². The van der Waals surface area contributed by atoms with Gasteiger partial charge in [0.25, 0.3) is 5.91 Å². The molecule has 1 heterocycles. The third kappa shape index (κ3) is 5.14. The van der Waals surface area contributed by atoms with Crippen molar-refractivity contribution in [2.45, 2.75) is 0 Å². The highest BCUT2D eigenvalue weighted by Crippen LogP contribution is 2.04. The third-order valence-electron chi connectivity index (χ3n) is 2.62. The molecule has 0 unspecified atom stereocenters. The van der Waals surface area contributed by atoms with Crippen molar-refractivity contribution in [2.24, 2.45) is 0 Å². The van der Waals surface area contributed by atoms with Gasteiger partial charge in [-0.25, -0.2) is 9.18 Å². The molecule has 2 rings (SSSR count). The van der Waals surface area contributed by atoms with Crippen LogP contribution in [0.3, 0.4) is 0 Å². The fraction of sp³-hybridized carbons (Fsp3) is 0.133. The van der Waals surface area contributed by atoms with Gasteiger partial charge in [0, 0.05) is 12.4 Å². The molecule has 0 fully saturated rings. The number of carbonyl (C=O) groups is 2. The predicted molar refractivity (Wildman–Crippen MR) is 73.3 cm³/mol. The second-order valence-corrected chi connectivity index (χ2v) is 4.14. The number of hydrogen-bond donors (Lipinski definition) is 1. The Balaban J connectivity index is 0.00000242. The monoisotopic (exact) mass is 323 g/mol. The molecule has 1 N–H and O–H groups in total. The fourth-order valence-electron chi connectivity index (χ4n) is 1.58. The van der Waals surface area contributed by atoms with Crippen molar-refractivity contribution in [3.63, 3.8) is 0 Å². The molecule has 0 bridgehead atoms. The molecule has 116 valence electrons. The summed E-state index contributed by atoms with van der Waals surface area (Å²) in [6.07, 6.45) is 3.01. The largest absolute Gasteiger partial charge is 1.00 e. The molecule has 22 heavy (non-hydrogen) atoms. The minimum atomic E-state index is -0.564. The molecule has 1 aromatic carbocycles. The molecule has 1 aromatic heterocycles. The van der Waals surface area contributed by atoms with Crippen molar-refractivity contribution in [1.29, 1.82) is 0 Å². The normalized spacial score (nSPS) is 9.50. The molecule has 7 heteroatoms. The number of benzene rings is 1. The van der Waals surface area contributed by atoms with Gasteiger partial charge in [0.2, 0.25) is 0 Å². The molecule has 0 spiro atoms. The minimum Gasteiger partial charge on any atom is -1.00 e. The standard InChI is InChI=1S/C15H13FN2O3.ClH/c16-13-5-3-11(4-6-13)15(20)21-9-8-18-14(19)12-2-1-7-17-10-12;/h1-7,10H,8-9H2,(H,18,19);1H/p-1. The van der Waals surface area contributed by atoms with Gasteiger partial charge in [0.05, 0.1) is 17.7 Å². The third-order valence-corrected chi connectivity index (χ3v) is 2.62. The summed E-state index contributed by atoms with van der Waals surface area (Å²) in [5, 5.41) is 2.60. The fourth-order valence-corrected chi connectivity index (χ4v) is 1.58. The maximum Gasteiger partial charge on any atom is 0.338 e. The lowest BCUT2D eigenvalue weighted by molar-refractivity contribution is -0.0000289. The van der Waals surface area contributed by atoms with Crippen molar-refractivity contribution in [1.82, 2.24) is 10.3 Å². The summed E-state index contributed by atoms with van der Waals surface area (Å²) >= 11 is 0. The first-order valence-electron chi connectivity index (χ1n) is 6.28. The SMILES string of the molecule is O=C(NCCOC(=O)c1ccc(F)cc1)c1cccnc1.[Cl-]. The number of nitrogens with one attached hydrogen (secondary N) is 1. The molecule has 0 atom stereocenters. The molecule has 0 radical (unpaired) electrons. The highest BCUT2D eigenvalue weighted by Gasteiger charge is 2.08. The summed E-state index contributed by atoms with van der Waals surface area (Å²) in [6, 6.07) is 8.33. The van der Waals surface area contributed by atoms with Crippen LogP contribution in [0.25, 0.3) is 0 Å². The van der Waals surface area contributed by atoms with E-state index in [-0.39, 0.29) is 37.0 Å². The Bertz CT molecular complexity index is 620. The Kier molecular flexibility index (Phi) is 6.98. The van der Waals surface area contributed by atoms with Gasteiger partial charge in [0.15, 0.2) is 0 Å². The topological polar surface area (TPSA) is 68.3 Å². The maximum absolute atomic E-state index is 12.7. The van der Waals surface area contributed by atoms with Crippen LogP contribution >= 0.6 is 0 Å². The van der Waals surface area contributed by atoms with Crippen molar-refractivity contribution in [3.05, 3.63) is 65.7 Å². The number of carbonyl (C=O) groups excluding carboxylic acids is 2. The van der Waals surface area contributed by atoms with E-state index in [1.807, 2.05) is 0 Å². The van der Waals surface area contributed by atoms with Gasteiger partial charge in [0.1, 0.15) is 12.4 Å². The minimum absolute atomic E-state index is 0. The van der Waals surface area contributed by atoms with E-state index in [0.717, 1.165) is 0 Å². The van der Waals surface area contributed by atoms with E-state index < -0.39 is 11.8 Å². The number of amides is 1. The maximum atomic E-state index is 12.7. The Labute approximate surface area is 132 Å². The van der Waals surface area contributed by atoms with Gasteiger partial charge >= 0.3 is 5.97 Å². The van der Waals surface area contributed by atoms with E-state index >= 15 is 0 Å². The summed E-state index contributed by atoms with van der Waals surface area (Å²) in [6.45, 7) is 0.211. The molecule has 0 saturated carbocycles. The Morgan fingerprint density at radius 2 is 1.86 bits per heavy atom. The van der Waals surface area contributed by atoms with Crippen LogP contribution in [-0.4, -0.2) is 30.0 Å². The van der Waals surface area contributed by atoms with Crippen LogP contribution in [0.15, 0.2) is 48.8 Å². The van der Waals surface area contributed by atoms with Crippen LogP contribution in [0.4, 0.5) is 4.39 Å². The van der Waals surface area contributed by atoms with Crippen LogP contribution in [0.1, 0.15) is 20.7 Å². The average Bonchev–Trinajstić information content (AvgIpc) is 2.52. The second-order valence-electron chi connectivity index (χ2n) is 4.14. The first-order valence-corrected chi connectivity index (χ1v) is 6.28. The zero-order valence-electron chi connectivity index (χ0n) is 11.5. The van der Waals surface area contributed by atoms with E-state index in [9.17, 15) is 14.0 Å². The molecular weight excluding hydrogens is 311 g/mol. The molecule has 5 nitrogen and oxygen atoms in total. The van der Waals surface area contributed by atoms with Gasteiger partial charge in [-0.2, -0.15) is 0 Å². The Hall–Kier alpha value is -2.47. The van der Waals surface area contributed by atoms with E-state index in [1.54, 1.807) is 18.3 Å². The summed E-state index contributed by atoms with van der Waals surface area (Å²) in [4.78, 5) is 27.1. The van der Waals surface area contributed by atoms with Crippen LogP contribution < -0.4 is 17.7 Å². The Morgan fingerprint density at radius 3 is 2.50 bits per heavy atom. The first kappa shape index (κ1) is 17.6. The molecule has 0 aliphatic carbocycles. The second kappa shape index (κ2) is 8.74. The average molecular weight is 324 g/mol. The van der Waals surface area contributed by atoms with Crippen molar-refractivity contribution >= 4 is 11.9 Å². The zero-order chi connectivity index (χ0) is 15.1. The summed E-state index contributed by atoms with van der Waals surface area (Å²) in [7, 11) is 0. The lowest BCUT2D eigenvalue weighted by atomic mass is 10.2. The predicted octanol–water partition coefficient (Wildman–Crippen LogP) is -1.19. The number of esters is 1. The number of hydrogen-bond acceptors (Lipinski definition) is 4. The lowest BCUT2D eigenvalue weighted by Crippen LogP contribution is -3.00. The van der Waals surface area contributed by atoms with Gasteiger partial charge in [-0.1, -0.05) is 0 Å². The summed E-state index contributed by atoms with van der Waals surface area (Å²) < 4.78 is 17.7. The van der Waals surface area contributed by atoms with E-state index in [4.69, 9.17) is 4.74 Å². The molecule has 1 amide bonds. The summed E-state index contributed by atoms with van der Waals surface area (Å²) in [5.74, 6) is -1.28. The van der Waals surface area contributed by atoms with Crippen LogP contribution in [0, 0.1) is 5.82 Å². The number of ether oxygens (including phenoxy) is 1.